The van der Waals surface area contributed by atoms with Gasteiger partial charge in [-0.1, -0.05) is 35.5 Å². The number of carbonyl (C=O) groups is 1. The van der Waals surface area contributed by atoms with Crippen molar-refractivity contribution in [3.8, 4) is 22.6 Å². The van der Waals surface area contributed by atoms with E-state index in [9.17, 15) is 15.0 Å². The lowest BCUT2D eigenvalue weighted by Crippen LogP contribution is -2.13. The lowest BCUT2D eigenvalue weighted by molar-refractivity contribution is 0.102. The summed E-state index contributed by atoms with van der Waals surface area (Å²) in [6, 6.07) is 15.7. The molecule has 0 radical (unpaired) electrons. The third kappa shape index (κ3) is 3.05. The van der Waals surface area contributed by atoms with Gasteiger partial charge < -0.3 is 14.7 Å². The van der Waals surface area contributed by atoms with Crippen LogP contribution in [0.3, 0.4) is 0 Å². The highest BCUT2D eigenvalue weighted by Gasteiger charge is 2.19. The number of anilines is 1. The Morgan fingerprint density at radius 2 is 1.79 bits per heavy atom. The fourth-order valence-corrected chi connectivity index (χ4v) is 3.12. The molecule has 6 heteroatoms. The number of hydrogen-bond acceptors (Lipinski definition) is 5. The molecule has 1 amide bonds. The zero-order chi connectivity index (χ0) is 19.8. The van der Waals surface area contributed by atoms with Crippen LogP contribution in [0.5, 0.6) is 11.5 Å². The molecule has 1 aromatic heterocycles. The lowest BCUT2D eigenvalue weighted by Gasteiger charge is -2.11. The molecule has 0 fully saturated rings. The number of aromatic hydroxyl groups is 2. The second-order valence-corrected chi connectivity index (χ2v) is 6.62. The number of benzene rings is 3. The third-order valence-electron chi connectivity index (χ3n) is 4.79. The fraction of sp³-hybridized carbons (Fsp3) is 0.0909. The van der Waals surface area contributed by atoms with E-state index in [0.717, 1.165) is 22.1 Å². The van der Waals surface area contributed by atoms with Gasteiger partial charge in [-0.25, -0.2) is 0 Å². The summed E-state index contributed by atoms with van der Waals surface area (Å²) < 4.78 is 5.14. The van der Waals surface area contributed by atoms with Gasteiger partial charge in [-0.3, -0.25) is 10.1 Å². The summed E-state index contributed by atoms with van der Waals surface area (Å²) in [5, 5.41) is 27.9. The van der Waals surface area contributed by atoms with Gasteiger partial charge in [-0.05, 0) is 60.0 Å². The average Bonchev–Trinajstić information content (AvgIpc) is 2.99. The van der Waals surface area contributed by atoms with Crippen LogP contribution in [0.4, 0.5) is 5.88 Å². The monoisotopic (exact) mass is 374 g/mol. The van der Waals surface area contributed by atoms with E-state index in [1.807, 2.05) is 18.2 Å². The summed E-state index contributed by atoms with van der Waals surface area (Å²) >= 11 is 0. The predicted octanol–water partition coefficient (Wildman–Crippen LogP) is 4.78. The summed E-state index contributed by atoms with van der Waals surface area (Å²) in [4.78, 5) is 12.8. The topological polar surface area (TPSA) is 95.6 Å². The maximum atomic E-state index is 12.8. The van der Waals surface area contributed by atoms with Crippen LogP contribution < -0.4 is 5.32 Å². The molecule has 0 bridgehead atoms. The van der Waals surface area contributed by atoms with E-state index in [0.29, 0.717) is 11.1 Å². The van der Waals surface area contributed by atoms with Gasteiger partial charge in [0.05, 0.1) is 11.3 Å². The van der Waals surface area contributed by atoms with Crippen molar-refractivity contribution >= 4 is 22.6 Å². The Morgan fingerprint density at radius 3 is 2.50 bits per heavy atom. The normalized spacial score (nSPS) is 10.9. The Balaban J connectivity index is 1.77. The third-order valence-corrected chi connectivity index (χ3v) is 4.79. The van der Waals surface area contributed by atoms with E-state index < -0.39 is 5.91 Å². The smallest absolute Gasteiger partial charge is 0.262 e. The van der Waals surface area contributed by atoms with Crippen LogP contribution in [0, 0.1) is 13.8 Å². The molecule has 3 aromatic carbocycles. The standard InChI is InChI=1S/C22H18N2O4/c1-12-13(2)24-28-22(12)23-21(27)20-18-8-6-15(10-16(18)7-9-19(20)26)14-4-3-5-17(25)11-14/h3-11,25-26H,1-2H3,(H,23,27). The number of rotatable bonds is 3. The van der Waals surface area contributed by atoms with Crippen molar-refractivity contribution < 1.29 is 19.5 Å². The molecular weight excluding hydrogens is 356 g/mol. The second-order valence-electron chi connectivity index (χ2n) is 6.62. The molecule has 4 rings (SSSR count). The summed E-state index contributed by atoms with van der Waals surface area (Å²) in [7, 11) is 0. The van der Waals surface area contributed by atoms with E-state index in [4.69, 9.17) is 4.52 Å². The Labute approximate surface area is 161 Å². The first-order valence-electron chi connectivity index (χ1n) is 8.73. The summed E-state index contributed by atoms with van der Waals surface area (Å²) in [5.41, 5.74) is 3.33. The number of nitrogens with one attached hydrogen (secondary N) is 1. The Kier molecular flexibility index (Phi) is 4.24. The number of amides is 1. The molecule has 140 valence electrons. The van der Waals surface area contributed by atoms with Gasteiger partial charge in [0.15, 0.2) is 0 Å². The highest BCUT2D eigenvalue weighted by atomic mass is 16.5. The summed E-state index contributed by atoms with van der Waals surface area (Å²) in [5.74, 6) is -0.159. The van der Waals surface area contributed by atoms with Crippen LogP contribution >= 0.6 is 0 Å². The van der Waals surface area contributed by atoms with Gasteiger partial charge in [-0.15, -0.1) is 0 Å². The number of fused-ring (bicyclic) bond motifs is 1. The van der Waals surface area contributed by atoms with Gasteiger partial charge in [0.2, 0.25) is 5.88 Å². The van der Waals surface area contributed by atoms with Crippen molar-refractivity contribution in [3.05, 3.63) is 71.4 Å². The first kappa shape index (κ1) is 17.6. The van der Waals surface area contributed by atoms with Crippen molar-refractivity contribution in [2.75, 3.05) is 5.32 Å². The first-order valence-corrected chi connectivity index (χ1v) is 8.73. The number of phenolic OH excluding ortho intramolecular Hbond substituents is 2. The molecule has 0 aliphatic carbocycles. The fourth-order valence-electron chi connectivity index (χ4n) is 3.12. The van der Waals surface area contributed by atoms with Crippen LogP contribution in [0.15, 0.2) is 59.1 Å². The van der Waals surface area contributed by atoms with Crippen LogP contribution in [-0.4, -0.2) is 21.3 Å². The molecule has 3 N–H and O–H groups in total. The van der Waals surface area contributed by atoms with E-state index in [1.165, 1.54) is 6.07 Å². The molecule has 0 spiro atoms. The molecule has 0 aliphatic heterocycles. The molecule has 0 saturated heterocycles. The number of carbonyl (C=O) groups excluding carboxylic acids is 1. The molecular formula is C22H18N2O4. The molecule has 0 aliphatic rings. The van der Waals surface area contributed by atoms with Crippen molar-refractivity contribution in [3.63, 3.8) is 0 Å². The molecule has 0 unspecified atom stereocenters. The van der Waals surface area contributed by atoms with Gasteiger partial charge in [-0.2, -0.15) is 0 Å². The number of aryl methyl sites for hydroxylation is 1. The molecule has 0 saturated carbocycles. The van der Waals surface area contributed by atoms with E-state index in [-0.39, 0.29) is 22.9 Å². The van der Waals surface area contributed by atoms with Gasteiger partial charge >= 0.3 is 0 Å². The SMILES string of the molecule is Cc1noc(NC(=O)c2c(O)ccc3cc(-c4cccc(O)c4)ccc23)c1C. The highest BCUT2D eigenvalue weighted by molar-refractivity contribution is 6.15. The van der Waals surface area contributed by atoms with E-state index in [2.05, 4.69) is 10.5 Å². The first-order chi connectivity index (χ1) is 13.4. The molecule has 4 aromatic rings. The van der Waals surface area contributed by atoms with E-state index >= 15 is 0 Å². The lowest BCUT2D eigenvalue weighted by atomic mass is 9.97. The summed E-state index contributed by atoms with van der Waals surface area (Å²) in [6.07, 6.45) is 0. The largest absolute Gasteiger partial charge is 0.508 e. The number of aromatic nitrogens is 1. The maximum Gasteiger partial charge on any atom is 0.262 e. The minimum absolute atomic E-state index is 0.121. The van der Waals surface area contributed by atoms with Crippen LogP contribution in [0.25, 0.3) is 21.9 Å². The van der Waals surface area contributed by atoms with E-state index in [1.54, 1.807) is 44.2 Å². The van der Waals surface area contributed by atoms with Gasteiger partial charge in [0, 0.05) is 5.56 Å². The minimum atomic E-state index is -0.479. The van der Waals surface area contributed by atoms with Crippen LogP contribution in [0.1, 0.15) is 21.6 Å². The predicted molar refractivity (Wildman–Crippen MR) is 107 cm³/mol. The van der Waals surface area contributed by atoms with Crippen molar-refractivity contribution in [1.82, 2.24) is 5.16 Å². The highest BCUT2D eigenvalue weighted by Crippen LogP contribution is 2.32. The Hall–Kier alpha value is -3.80. The molecule has 1 heterocycles. The average molecular weight is 374 g/mol. The zero-order valence-corrected chi connectivity index (χ0v) is 15.4. The Morgan fingerprint density at radius 1 is 1.00 bits per heavy atom. The van der Waals surface area contributed by atoms with Gasteiger partial charge in [0.1, 0.15) is 11.5 Å². The Bertz CT molecular complexity index is 1210. The van der Waals surface area contributed by atoms with Gasteiger partial charge in [0.25, 0.3) is 5.91 Å². The maximum absolute atomic E-state index is 12.8. The van der Waals surface area contributed by atoms with Crippen molar-refractivity contribution in [2.45, 2.75) is 13.8 Å². The number of hydrogen-bond donors (Lipinski definition) is 3. The van der Waals surface area contributed by atoms with Crippen molar-refractivity contribution in [2.24, 2.45) is 0 Å². The summed E-state index contributed by atoms with van der Waals surface area (Å²) in [6.45, 7) is 3.58. The van der Waals surface area contributed by atoms with Crippen LogP contribution in [-0.2, 0) is 0 Å². The quantitative estimate of drug-likeness (QED) is 0.480. The number of nitrogens with zero attached hydrogens (tertiary/aromatic N) is 1. The van der Waals surface area contributed by atoms with Crippen LogP contribution in [0.2, 0.25) is 0 Å². The minimum Gasteiger partial charge on any atom is -0.508 e. The number of phenols is 2. The molecule has 6 nitrogen and oxygen atoms in total. The molecule has 0 atom stereocenters. The second kappa shape index (κ2) is 6.74. The zero-order valence-electron chi connectivity index (χ0n) is 15.4. The van der Waals surface area contributed by atoms with Crippen molar-refractivity contribution in [1.29, 1.82) is 0 Å². The molecule has 28 heavy (non-hydrogen) atoms.